The van der Waals surface area contributed by atoms with Crippen molar-refractivity contribution in [2.45, 2.75) is 57.2 Å². The van der Waals surface area contributed by atoms with E-state index in [2.05, 4.69) is 0 Å². The second-order valence-electron chi connectivity index (χ2n) is 10.4. The smallest absolute Gasteiger partial charge is 0.339 e. The SMILES string of the molecule is CC(=O)OC1(C)OC(C)(COC(=O)c2ccccc2)C(C)(OC(=O)c2ccccc2)C1(C)OC(=O)c1ccccc1. The van der Waals surface area contributed by atoms with E-state index >= 15 is 0 Å². The Morgan fingerprint density at radius 2 is 0.976 bits per heavy atom. The maximum atomic E-state index is 13.5. The Balaban J connectivity index is 1.81. The van der Waals surface area contributed by atoms with Gasteiger partial charge in [0.1, 0.15) is 12.2 Å². The minimum atomic E-state index is -1.98. The first-order valence-corrected chi connectivity index (χ1v) is 13.0. The third-order valence-electron chi connectivity index (χ3n) is 7.65. The van der Waals surface area contributed by atoms with E-state index in [0.29, 0.717) is 0 Å². The molecule has 0 N–H and O–H groups in total. The summed E-state index contributed by atoms with van der Waals surface area (Å²) in [6.07, 6.45) is 0. The van der Waals surface area contributed by atoms with Gasteiger partial charge >= 0.3 is 23.9 Å². The highest BCUT2D eigenvalue weighted by molar-refractivity contribution is 5.91. The Kier molecular flexibility index (Phi) is 8.03. The molecule has 214 valence electrons. The van der Waals surface area contributed by atoms with Crippen LogP contribution in [0.3, 0.4) is 0 Å². The summed E-state index contributed by atoms with van der Waals surface area (Å²) in [7, 11) is 0. The number of carbonyl (C=O) groups excluding carboxylic acids is 4. The van der Waals surface area contributed by atoms with Gasteiger partial charge in [-0.3, -0.25) is 4.79 Å². The highest BCUT2D eigenvalue weighted by Gasteiger charge is 2.79. The molecule has 3 aromatic rings. The summed E-state index contributed by atoms with van der Waals surface area (Å²) in [6, 6.07) is 24.7. The quantitative estimate of drug-likeness (QED) is 0.273. The van der Waals surface area contributed by atoms with Crippen LogP contribution in [0, 0.1) is 0 Å². The van der Waals surface area contributed by atoms with E-state index in [4.69, 9.17) is 23.7 Å². The number of rotatable bonds is 8. The van der Waals surface area contributed by atoms with E-state index in [9.17, 15) is 19.2 Å². The van der Waals surface area contributed by atoms with Crippen molar-refractivity contribution in [1.29, 1.82) is 0 Å². The van der Waals surface area contributed by atoms with E-state index in [1.54, 1.807) is 91.0 Å². The molecule has 1 fully saturated rings. The fraction of sp³-hybridized carbons (Fsp3) is 0.312. The summed E-state index contributed by atoms with van der Waals surface area (Å²) in [6.45, 7) is 6.62. The van der Waals surface area contributed by atoms with E-state index in [-0.39, 0.29) is 16.7 Å². The van der Waals surface area contributed by atoms with Crippen molar-refractivity contribution in [2.75, 3.05) is 6.61 Å². The zero-order valence-electron chi connectivity index (χ0n) is 23.5. The average molecular weight is 561 g/mol. The van der Waals surface area contributed by atoms with E-state index in [0.717, 1.165) is 0 Å². The molecule has 1 aliphatic heterocycles. The predicted molar refractivity (Wildman–Crippen MR) is 147 cm³/mol. The lowest BCUT2D eigenvalue weighted by atomic mass is 9.73. The minimum Gasteiger partial charge on any atom is -0.459 e. The zero-order chi connectivity index (χ0) is 29.9. The molecule has 0 saturated carbocycles. The van der Waals surface area contributed by atoms with Gasteiger partial charge in [-0.1, -0.05) is 54.6 Å². The fourth-order valence-electron chi connectivity index (χ4n) is 5.02. The maximum Gasteiger partial charge on any atom is 0.339 e. The Hall–Kier alpha value is -4.50. The molecule has 0 aliphatic carbocycles. The first-order valence-electron chi connectivity index (χ1n) is 13.0. The van der Waals surface area contributed by atoms with Gasteiger partial charge in [0.15, 0.2) is 5.60 Å². The monoisotopic (exact) mass is 560 g/mol. The average Bonchev–Trinajstić information content (AvgIpc) is 3.07. The molecule has 0 amide bonds. The molecule has 1 heterocycles. The maximum absolute atomic E-state index is 13.5. The van der Waals surface area contributed by atoms with Crippen LogP contribution in [0.4, 0.5) is 0 Å². The molecule has 1 aliphatic rings. The Labute approximate surface area is 238 Å². The van der Waals surface area contributed by atoms with Crippen LogP contribution in [0.1, 0.15) is 65.7 Å². The molecule has 3 aromatic carbocycles. The molecule has 9 nitrogen and oxygen atoms in total. The van der Waals surface area contributed by atoms with E-state index < -0.39 is 53.1 Å². The Morgan fingerprint density at radius 3 is 1.39 bits per heavy atom. The van der Waals surface area contributed by atoms with Crippen LogP contribution < -0.4 is 0 Å². The lowest BCUT2D eigenvalue weighted by Crippen LogP contribution is -2.67. The number of carbonyl (C=O) groups is 4. The third-order valence-corrected chi connectivity index (χ3v) is 7.65. The first kappa shape index (κ1) is 29.5. The molecular weight excluding hydrogens is 528 g/mol. The van der Waals surface area contributed by atoms with Gasteiger partial charge in [-0.2, -0.15) is 0 Å². The molecule has 9 heteroatoms. The van der Waals surface area contributed by atoms with Gasteiger partial charge in [0.25, 0.3) is 5.79 Å². The molecule has 41 heavy (non-hydrogen) atoms. The topological polar surface area (TPSA) is 114 Å². The van der Waals surface area contributed by atoms with Crippen LogP contribution in [-0.2, 0) is 28.5 Å². The summed E-state index contributed by atoms with van der Waals surface area (Å²) in [5.74, 6) is -4.91. The van der Waals surface area contributed by atoms with Crippen LogP contribution in [0.25, 0.3) is 0 Å². The normalized spacial score (nSPS) is 27.0. The van der Waals surface area contributed by atoms with Crippen molar-refractivity contribution in [1.82, 2.24) is 0 Å². The molecule has 0 aromatic heterocycles. The highest BCUT2D eigenvalue weighted by atomic mass is 16.8. The Morgan fingerprint density at radius 1 is 0.585 bits per heavy atom. The standard InChI is InChI=1S/C32H32O9/c1-22(33)38-32(5)31(4,40-28(36)25-19-13-8-14-20-25)30(3,39-27(35)24-17-11-7-12-18-24)29(2,41-32)21-37-26(34)23-15-9-6-10-16-23/h6-20H,21H2,1-5H3. The highest BCUT2D eigenvalue weighted by Crippen LogP contribution is 2.57. The van der Waals surface area contributed by atoms with Gasteiger partial charge in [0, 0.05) is 13.8 Å². The van der Waals surface area contributed by atoms with Gasteiger partial charge in [-0.05, 0) is 57.2 Å². The van der Waals surface area contributed by atoms with Gasteiger partial charge < -0.3 is 23.7 Å². The van der Waals surface area contributed by atoms with Crippen molar-refractivity contribution in [3.05, 3.63) is 108 Å². The van der Waals surface area contributed by atoms with Crippen molar-refractivity contribution >= 4 is 23.9 Å². The number of benzene rings is 3. The van der Waals surface area contributed by atoms with E-state index in [1.807, 2.05) is 0 Å². The summed E-state index contributed by atoms with van der Waals surface area (Å²) >= 11 is 0. The third kappa shape index (κ3) is 5.45. The molecule has 0 spiro atoms. The summed E-state index contributed by atoms with van der Waals surface area (Å²) in [5, 5.41) is 0. The van der Waals surface area contributed by atoms with Crippen molar-refractivity contribution in [3.8, 4) is 0 Å². The lowest BCUT2D eigenvalue weighted by molar-refractivity contribution is -0.276. The van der Waals surface area contributed by atoms with Gasteiger partial charge in [-0.15, -0.1) is 0 Å². The number of hydrogen-bond acceptors (Lipinski definition) is 9. The molecular formula is C32H32O9. The second kappa shape index (κ2) is 11.2. The van der Waals surface area contributed by atoms with Crippen LogP contribution in [0.5, 0.6) is 0 Å². The van der Waals surface area contributed by atoms with Crippen molar-refractivity contribution < 1.29 is 42.9 Å². The number of esters is 4. The number of ether oxygens (including phenoxy) is 5. The predicted octanol–water partition coefficient (Wildman–Crippen LogP) is 5.14. The van der Waals surface area contributed by atoms with Crippen LogP contribution >= 0.6 is 0 Å². The van der Waals surface area contributed by atoms with E-state index in [1.165, 1.54) is 34.6 Å². The molecule has 4 atom stereocenters. The lowest BCUT2D eigenvalue weighted by Gasteiger charge is -2.46. The number of hydrogen-bond donors (Lipinski definition) is 0. The largest absolute Gasteiger partial charge is 0.459 e. The molecule has 4 rings (SSSR count). The second-order valence-corrected chi connectivity index (χ2v) is 10.4. The molecule has 1 saturated heterocycles. The molecule has 0 bridgehead atoms. The van der Waals surface area contributed by atoms with Crippen LogP contribution in [0.2, 0.25) is 0 Å². The fourth-order valence-corrected chi connectivity index (χ4v) is 5.02. The van der Waals surface area contributed by atoms with Crippen molar-refractivity contribution in [2.24, 2.45) is 0 Å². The minimum absolute atomic E-state index is 0.208. The summed E-state index contributed by atoms with van der Waals surface area (Å²) in [4.78, 5) is 52.2. The van der Waals surface area contributed by atoms with Gasteiger partial charge in [0.2, 0.25) is 5.60 Å². The zero-order valence-corrected chi connectivity index (χ0v) is 23.5. The van der Waals surface area contributed by atoms with Gasteiger partial charge in [-0.25, -0.2) is 14.4 Å². The van der Waals surface area contributed by atoms with Crippen LogP contribution in [-0.4, -0.2) is 53.1 Å². The van der Waals surface area contributed by atoms with Crippen molar-refractivity contribution in [3.63, 3.8) is 0 Å². The molecule has 0 radical (unpaired) electrons. The molecule has 4 unspecified atom stereocenters. The van der Waals surface area contributed by atoms with Gasteiger partial charge in [0.05, 0.1) is 16.7 Å². The summed E-state index contributed by atoms with van der Waals surface area (Å²) in [5.41, 5.74) is -4.79. The summed E-state index contributed by atoms with van der Waals surface area (Å²) < 4.78 is 29.9. The van der Waals surface area contributed by atoms with Crippen LogP contribution in [0.15, 0.2) is 91.0 Å². The Bertz CT molecular complexity index is 1430. The first-order chi connectivity index (χ1) is 19.3.